The molecule has 0 aromatic rings. The zero-order chi connectivity index (χ0) is 13.1. The van der Waals surface area contributed by atoms with Gasteiger partial charge in [-0.25, -0.2) is 4.79 Å². The highest BCUT2D eigenvalue weighted by Crippen LogP contribution is 2.27. The number of carboxylic acids is 1. The van der Waals surface area contributed by atoms with Gasteiger partial charge in [-0.3, -0.25) is 4.79 Å². The molecule has 2 aliphatic carbocycles. The van der Waals surface area contributed by atoms with Gasteiger partial charge in [-0.05, 0) is 25.7 Å². The van der Waals surface area contributed by atoms with Gasteiger partial charge in [0.05, 0.1) is 12.0 Å². The van der Waals surface area contributed by atoms with Crippen molar-refractivity contribution in [2.24, 2.45) is 5.92 Å². The zero-order valence-corrected chi connectivity index (χ0v) is 10.6. The van der Waals surface area contributed by atoms with Crippen LogP contribution in [0.25, 0.3) is 0 Å². The van der Waals surface area contributed by atoms with Gasteiger partial charge in [-0.1, -0.05) is 19.1 Å². The Labute approximate surface area is 107 Å². The highest BCUT2D eigenvalue weighted by atomic mass is 16.4. The summed E-state index contributed by atoms with van der Waals surface area (Å²) in [6.45, 7) is 2.83. The van der Waals surface area contributed by atoms with E-state index in [4.69, 9.17) is 5.11 Å². The van der Waals surface area contributed by atoms with Gasteiger partial charge in [0, 0.05) is 12.6 Å². The molecule has 0 saturated heterocycles. The summed E-state index contributed by atoms with van der Waals surface area (Å²) in [6.07, 6.45) is 7.04. The van der Waals surface area contributed by atoms with Crippen LogP contribution in [0.1, 0.15) is 32.6 Å². The van der Waals surface area contributed by atoms with Crippen LogP contribution in [0.2, 0.25) is 0 Å². The van der Waals surface area contributed by atoms with Crippen molar-refractivity contribution in [3.63, 3.8) is 0 Å². The largest absolute Gasteiger partial charge is 0.481 e. The Balaban J connectivity index is 1.84. The van der Waals surface area contributed by atoms with E-state index >= 15 is 0 Å². The van der Waals surface area contributed by atoms with Gasteiger partial charge in [-0.15, -0.1) is 0 Å². The predicted molar refractivity (Wildman–Crippen MR) is 67.2 cm³/mol. The fourth-order valence-electron chi connectivity index (χ4n) is 2.31. The van der Waals surface area contributed by atoms with E-state index in [0.29, 0.717) is 12.5 Å². The van der Waals surface area contributed by atoms with Gasteiger partial charge in [0.1, 0.15) is 0 Å². The normalized spacial score (nSPS) is 26.1. The van der Waals surface area contributed by atoms with E-state index in [9.17, 15) is 9.59 Å². The molecule has 1 saturated carbocycles. The van der Waals surface area contributed by atoms with Crippen LogP contribution in [0.4, 0.5) is 4.79 Å². The van der Waals surface area contributed by atoms with Crippen molar-refractivity contribution in [3.05, 3.63) is 12.2 Å². The fourth-order valence-corrected chi connectivity index (χ4v) is 2.31. The molecule has 0 spiro atoms. The first kappa shape index (κ1) is 12.9. The van der Waals surface area contributed by atoms with Crippen molar-refractivity contribution >= 4 is 12.0 Å². The minimum atomic E-state index is -0.824. The van der Waals surface area contributed by atoms with Gasteiger partial charge in [-0.2, -0.15) is 0 Å². The van der Waals surface area contributed by atoms with Crippen molar-refractivity contribution in [2.75, 3.05) is 6.54 Å². The Morgan fingerprint density at radius 1 is 1.39 bits per heavy atom. The van der Waals surface area contributed by atoms with Gasteiger partial charge in [0.2, 0.25) is 0 Å². The van der Waals surface area contributed by atoms with E-state index in [0.717, 1.165) is 25.8 Å². The maximum atomic E-state index is 12.1. The maximum Gasteiger partial charge on any atom is 0.318 e. The summed E-state index contributed by atoms with van der Waals surface area (Å²) in [6, 6.07) is 0.197. The monoisotopic (exact) mass is 252 g/mol. The fraction of sp³-hybridized carbons (Fsp3) is 0.692. The minimum Gasteiger partial charge on any atom is -0.481 e. The van der Waals surface area contributed by atoms with Crippen molar-refractivity contribution in [1.29, 1.82) is 0 Å². The molecule has 0 heterocycles. The van der Waals surface area contributed by atoms with Crippen LogP contribution in [0.15, 0.2) is 12.2 Å². The molecule has 0 aliphatic heterocycles. The Kier molecular flexibility index (Phi) is 3.89. The number of carbonyl (C=O) groups is 2. The first-order chi connectivity index (χ1) is 8.61. The molecule has 5 heteroatoms. The molecule has 2 unspecified atom stereocenters. The first-order valence-electron chi connectivity index (χ1n) is 6.60. The van der Waals surface area contributed by atoms with Gasteiger partial charge >= 0.3 is 12.0 Å². The lowest BCUT2D eigenvalue weighted by atomic mass is 10.1. The summed E-state index contributed by atoms with van der Waals surface area (Å²) >= 11 is 0. The molecular formula is C13H20N2O3. The maximum absolute atomic E-state index is 12.1. The van der Waals surface area contributed by atoms with Crippen LogP contribution in [0.3, 0.4) is 0 Å². The molecule has 5 nitrogen and oxygen atoms in total. The minimum absolute atomic E-state index is 0.0555. The number of rotatable bonds is 5. The van der Waals surface area contributed by atoms with Crippen LogP contribution < -0.4 is 5.32 Å². The van der Waals surface area contributed by atoms with Crippen LogP contribution in [0, 0.1) is 5.92 Å². The number of hydrogen-bond acceptors (Lipinski definition) is 2. The van der Waals surface area contributed by atoms with Crippen LogP contribution in [-0.2, 0) is 4.79 Å². The summed E-state index contributed by atoms with van der Waals surface area (Å²) in [5, 5.41) is 11.8. The standard InChI is InChI=1S/C13H20N2O3/c1-2-7-15(11-5-6-11)13(18)14-10-4-3-9(8-10)12(16)17/h3-4,9-11H,2,5-8H2,1H3,(H,14,18)(H,16,17). The van der Waals surface area contributed by atoms with Crippen LogP contribution in [-0.4, -0.2) is 40.6 Å². The van der Waals surface area contributed by atoms with Crippen molar-refractivity contribution in [3.8, 4) is 0 Å². The molecule has 2 amide bonds. The molecule has 0 aromatic carbocycles. The topological polar surface area (TPSA) is 69.6 Å². The van der Waals surface area contributed by atoms with Gasteiger partial charge in [0.15, 0.2) is 0 Å². The Hall–Kier alpha value is -1.52. The number of urea groups is 1. The van der Waals surface area contributed by atoms with Crippen molar-refractivity contribution in [1.82, 2.24) is 10.2 Å². The second-order valence-corrected chi connectivity index (χ2v) is 5.05. The van der Waals surface area contributed by atoms with E-state index in [2.05, 4.69) is 12.2 Å². The molecule has 2 N–H and O–H groups in total. The average Bonchev–Trinajstić information content (AvgIpc) is 3.05. The van der Waals surface area contributed by atoms with Crippen LogP contribution in [0.5, 0.6) is 0 Å². The van der Waals surface area contributed by atoms with E-state index in [-0.39, 0.29) is 12.1 Å². The summed E-state index contributed by atoms with van der Waals surface area (Å²) < 4.78 is 0. The highest BCUT2D eigenvalue weighted by Gasteiger charge is 2.33. The summed E-state index contributed by atoms with van der Waals surface area (Å²) in [5.41, 5.74) is 0. The molecule has 0 bridgehead atoms. The molecule has 0 radical (unpaired) electrons. The van der Waals surface area contributed by atoms with Crippen molar-refractivity contribution < 1.29 is 14.7 Å². The van der Waals surface area contributed by atoms with Crippen molar-refractivity contribution in [2.45, 2.75) is 44.7 Å². The van der Waals surface area contributed by atoms with Gasteiger partial charge in [0.25, 0.3) is 0 Å². The molecular weight excluding hydrogens is 232 g/mol. The third-order valence-corrected chi connectivity index (χ3v) is 3.42. The molecule has 2 aliphatic rings. The average molecular weight is 252 g/mol. The first-order valence-corrected chi connectivity index (χ1v) is 6.60. The Bertz CT molecular complexity index is 363. The quantitative estimate of drug-likeness (QED) is 0.730. The highest BCUT2D eigenvalue weighted by molar-refractivity contribution is 5.77. The lowest BCUT2D eigenvalue weighted by molar-refractivity contribution is -0.140. The van der Waals surface area contributed by atoms with E-state index in [1.165, 1.54) is 0 Å². The second kappa shape index (κ2) is 5.42. The smallest absolute Gasteiger partial charge is 0.318 e. The SMILES string of the molecule is CCCN(C(=O)NC1C=CC(C(=O)O)C1)C1CC1. The van der Waals surface area contributed by atoms with Crippen LogP contribution >= 0.6 is 0 Å². The number of carboxylic acid groups (broad SMARTS) is 1. The third-order valence-electron chi connectivity index (χ3n) is 3.42. The molecule has 2 atom stereocenters. The number of nitrogens with zero attached hydrogens (tertiary/aromatic N) is 1. The zero-order valence-electron chi connectivity index (χ0n) is 10.6. The Morgan fingerprint density at radius 3 is 2.61 bits per heavy atom. The van der Waals surface area contributed by atoms with E-state index in [1.54, 1.807) is 12.2 Å². The molecule has 1 fully saturated rings. The number of amides is 2. The van der Waals surface area contributed by atoms with E-state index in [1.807, 2.05) is 4.90 Å². The second-order valence-electron chi connectivity index (χ2n) is 5.05. The molecule has 100 valence electrons. The molecule has 0 aromatic heterocycles. The number of carbonyl (C=O) groups excluding carboxylic acids is 1. The number of hydrogen-bond donors (Lipinski definition) is 2. The summed E-state index contributed by atoms with van der Waals surface area (Å²) in [7, 11) is 0. The molecule has 18 heavy (non-hydrogen) atoms. The lowest BCUT2D eigenvalue weighted by Gasteiger charge is -2.24. The molecule has 2 rings (SSSR count). The lowest BCUT2D eigenvalue weighted by Crippen LogP contribution is -2.45. The van der Waals surface area contributed by atoms with Gasteiger partial charge < -0.3 is 15.3 Å². The third kappa shape index (κ3) is 3.03. The number of nitrogens with one attached hydrogen (secondary N) is 1. The summed E-state index contributed by atoms with van der Waals surface area (Å²) in [5.74, 6) is -1.29. The summed E-state index contributed by atoms with van der Waals surface area (Å²) in [4.78, 5) is 24.8. The van der Waals surface area contributed by atoms with E-state index < -0.39 is 11.9 Å². The number of aliphatic carboxylic acids is 1. The Morgan fingerprint density at radius 2 is 2.11 bits per heavy atom. The predicted octanol–water partition coefficient (Wildman–Crippen LogP) is 1.60.